The number of rotatable bonds is 4. The Labute approximate surface area is 163 Å². The molecule has 0 fully saturated rings. The lowest BCUT2D eigenvalue weighted by molar-refractivity contribution is 0.589. The van der Waals surface area contributed by atoms with E-state index in [2.05, 4.69) is 4.98 Å². The molecule has 3 nitrogen and oxygen atoms in total. The molecule has 0 saturated heterocycles. The van der Waals surface area contributed by atoms with Crippen molar-refractivity contribution in [2.24, 2.45) is 0 Å². The average molecular weight is 396 g/mol. The van der Waals surface area contributed by atoms with Crippen molar-refractivity contribution in [3.05, 3.63) is 87.2 Å². The zero-order valence-corrected chi connectivity index (χ0v) is 17.1. The summed E-state index contributed by atoms with van der Waals surface area (Å²) in [6, 6.07) is 18.9. The summed E-state index contributed by atoms with van der Waals surface area (Å²) in [5.74, 6) is 0. The minimum atomic E-state index is -3.60. The second-order valence-corrected chi connectivity index (χ2v) is 10.2. The van der Waals surface area contributed by atoms with E-state index >= 15 is 0 Å². The Morgan fingerprint density at radius 2 is 1.59 bits per heavy atom. The van der Waals surface area contributed by atoms with Crippen LogP contribution in [-0.2, 0) is 9.84 Å². The van der Waals surface area contributed by atoms with Gasteiger partial charge in [-0.3, -0.25) is 0 Å². The molecule has 2 aromatic carbocycles. The van der Waals surface area contributed by atoms with E-state index in [4.69, 9.17) is 0 Å². The summed E-state index contributed by atoms with van der Waals surface area (Å²) in [4.78, 5) is 5.66. The van der Waals surface area contributed by atoms with Crippen molar-refractivity contribution >= 4 is 32.1 Å². The van der Waals surface area contributed by atoms with Crippen molar-refractivity contribution in [1.29, 1.82) is 0 Å². The molecule has 4 rings (SSSR count). The number of para-hydroxylation sites is 1. The van der Waals surface area contributed by atoms with Crippen LogP contribution in [0.25, 0.3) is 10.9 Å². The van der Waals surface area contributed by atoms with Crippen molar-refractivity contribution in [2.75, 3.05) is 0 Å². The maximum Gasteiger partial charge on any atom is 0.190 e. The number of benzene rings is 2. The lowest BCUT2D eigenvalue weighted by Gasteiger charge is -2.18. The number of aromatic amines is 1. The number of aromatic nitrogens is 1. The van der Waals surface area contributed by atoms with E-state index in [9.17, 15) is 8.42 Å². The van der Waals surface area contributed by atoms with Gasteiger partial charge in [-0.15, -0.1) is 11.3 Å². The van der Waals surface area contributed by atoms with Crippen LogP contribution < -0.4 is 0 Å². The number of hydrogen-bond donors (Lipinski definition) is 1. The highest BCUT2D eigenvalue weighted by Gasteiger charge is 2.35. The summed E-state index contributed by atoms with van der Waals surface area (Å²) >= 11 is 1.54. The standard InChI is InChI=1S/C22H21NO2S2/c1-14-8-11-17(12-9-14)27(24,25)22(20-13-10-15(2)26-20)21-16(3)23-19-7-5-4-6-18(19)21/h4-13,22-23H,1-3H3. The Morgan fingerprint density at radius 3 is 2.26 bits per heavy atom. The van der Waals surface area contributed by atoms with Gasteiger partial charge in [0.05, 0.1) is 4.90 Å². The van der Waals surface area contributed by atoms with Gasteiger partial charge in [0.1, 0.15) is 5.25 Å². The number of aryl methyl sites for hydroxylation is 3. The lowest BCUT2D eigenvalue weighted by atomic mass is 10.1. The zero-order chi connectivity index (χ0) is 19.2. The molecule has 0 aliphatic carbocycles. The molecule has 2 heterocycles. The van der Waals surface area contributed by atoms with Gasteiger partial charge in [0.15, 0.2) is 9.84 Å². The van der Waals surface area contributed by atoms with Crippen LogP contribution in [0.3, 0.4) is 0 Å². The summed E-state index contributed by atoms with van der Waals surface area (Å²) in [6.07, 6.45) is 0. The molecule has 0 aliphatic heterocycles. The molecule has 2 aromatic heterocycles. The maximum atomic E-state index is 13.7. The first kappa shape index (κ1) is 18.0. The molecule has 4 aromatic rings. The fourth-order valence-electron chi connectivity index (χ4n) is 3.54. The van der Waals surface area contributed by atoms with Gasteiger partial charge in [-0.05, 0) is 51.1 Å². The van der Waals surface area contributed by atoms with Crippen LogP contribution in [0, 0.1) is 20.8 Å². The SMILES string of the molecule is Cc1ccc(S(=O)(=O)C(c2ccc(C)s2)c2c(C)[nH]c3ccccc23)cc1. The van der Waals surface area contributed by atoms with E-state index in [0.29, 0.717) is 4.90 Å². The van der Waals surface area contributed by atoms with Crippen LogP contribution in [0.15, 0.2) is 65.6 Å². The lowest BCUT2D eigenvalue weighted by Crippen LogP contribution is -2.15. The molecule has 1 unspecified atom stereocenters. The summed E-state index contributed by atoms with van der Waals surface area (Å²) < 4.78 is 27.5. The smallest absolute Gasteiger partial charge is 0.190 e. The first-order valence-electron chi connectivity index (χ1n) is 8.82. The quantitative estimate of drug-likeness (QED) is 0.480. The summed E-state index contributed by atoms with van der Waals surface area (Å²) in [5, 5.41) is 0.233. The third-order valence-corrected chi connectivity index (χ3v) is 8.14. The van der Waals surface area contributed by atoms with E-state index < -0.39 is 15.1 Å². The Morgan fingerprint density at radius 1 is 0.889 bits per heavy atom. The predicted octanol–water partition coefficient (Wildman–Crippen LogP) is 5.72. The average Bonchev–Trinajstić information content (AvgIpc) is 3.19. The molecule has 1 N–H and O–H groups in total. The maximum absolute atomic E-state index is 13.7. The zero-order valence-electron chi connectivity index (χ0n) is 15.5. The molecule has 0 radical (unpaired) electrons. The van der Waals surface area contributed by atoms with Gasteiger partial charge in [-0.2, -0.15) is 0 Å². The molecule has 0 aliphatic rings. The highest BCUT2D eigenvalue weighted by molar-refractivity contribution is 7.92. The first-order valence-corrected chi connectivity index (χ1v) is 11.2. The topological polar surface area (TPSA) is 49.9 Å². The van der Waals surface area contributed by atoms with Crippen LogP contribution in [-0.4, -0.2) is 13.4 Å². The molecule has 0 saturated carbocycles. The van der Waals surface area contributed by atoms with Gasteiger partial charge in [0.25, 0.3) is 0 Å². The van der Waals surface area contributed by atoms with Gasteiger partial charge in [0, 0.05) is 31.9 Å². The van der Waals surface area contributed by atoms with E-state index in [0.717, 1.165) is 37.5 Å². The van der Waals surface area contributed by atoms with E-state index in [1.165, 1.54) is 0 Å². The minimum Gasteiger partial charge on any atom is -0.358 e. The molecule has 0 bridgehead atoms. The number of sulfone groups is 1. The summed E-state index contributed by atoms with van der Waals surface area (Å²) in [7, 11) is -3.60. The highest BCUT2D eigenvalue weighted by atomic mass is 32.2. The first-order chi connectivity index (χ1) is 12.9. The molecular formula is C22H21NO2S2. The minimum absolute atomic E-state index is 0.355. The van der Waals surface area contributed by atoms with Crippen molar-refractivity contribution in [1.82, 2.24) is 4.98 Å². The Balaban J connectivity index is 2.01. The summed E-state index contributed by atoms with van der Waals surface area (Å²) in [6.45, 7) is 5.92. The van der Waals surface area contributed by atoms with Crippen molar-refractivity contribution in [2.45, 2.75) is 30.9 Å². The Hall–Kier alpha value is -2.37. The van der Waals surface area contributed by atoms with Crippen LogP contribution >= 0.6 is 11.3 Å². The monoisotopic (exact) mass is 395 g/mol. The molecular weight excluding hydrogens is 374 g/mol. The number of fused-ring (bicyclic) bond motifs is 1. The van der Waals surface area contributed by atoms with Crippen molar-refractivity contribution in [3.8, 4) is 0 Å². The third-order valence-electron chi connectivity index (χ3n) is 4.88. The van der Waals surface area contributed by atoms with E-state index in [-0.39, 0.29) is 0 Å². The van der Waals surface area contributed by atoms with Gasteiger partial charge >= 0.3 is 0 Å². The predicted molar refractivity (Wildman–Crippen MR) is 112 cm³/mol. The Kier molecular flexibility index (Phi) is 4.44. The summed E-state index contributed by atoms with van der Waals surface area (Å²) in [5.41, 5.74) is 3.74. The molecule has 0 spiro atoms. The van der Waals surface area contributed by atoms with Crippen LogP contribution in [0.4, 0.5) is 0 Å². The molecule has 138 valence electrons. The van der Waals surface area contributed by atoms with Crippen molar-refractivity contribution in [3.63, 3.8) is 0 Å². The number of thiophene rings is 1. The molecule has 27 heavy (non-hydrogen) atoms. The fraction of sp³-hybridized carbons (Fsp3) is 0.182. The van der Waals surface area contributed by atoms with Crippen LogP contribution in [0.1, 0.15) is 31.8 Å². The van der Waals surface area contributed by atoms with Gasteiger partial charge in [-0.1, -0.05) is 35.9 Å². The second-order valence-electron chi connectivity index (χ2n) is 6.90. The van der Waals surface area contributed by atoms with Crippen LogP contribution in [0.5, 0.6) is 0 Å². The second kappa shape index (κ2) is 6.66. The Bertz CT molecular complexity index is 1210. The van der Waals surface area contributed by atoms with Gasteiger partial charge < -0.3 is 4.98 Å². The number of hydrogen-bond acceptors (Lipinski definition) is 3. The molecule has 5 heteroatoms. The van der Waals surface area contributed by atoms with Gasteiger partial charge in [0.2, 0.25) is 0 Å². The van der Waals surface area contributed by atoms with Crippen molar-refractivity contribution < 1.29 is 8.42 Å². The number of H-pyrrole nitrogens is 1. The molecule has 0 amide bonds. The van der Waals surface area contributed by atoms with Gasteiger partial charge in [-0.25, -0.2) is 8.42 Å². The highest BCUT2D eigenvalue weighted by Crippen LogP contribution is 2.42. The fourth-order valence-corrected chi connectivity index (χ4v) is 6.72. The third kappa shape index (κ3) is 3.11. The van der Waals surface area contributed by atoms with E-state index in [1.807, 2.05) is 69.3 Å². The largest absolute Gasteiger partial charge is 0.358 e. The molecule has 1 atom stereocenters. The number of nitrogens with one attached hydrogen (secondary N) is 1. The van der Waals surface area contributed by atoms with Crippen LogP contribution in [0.2, 0.25) is 0 Å². The normalized spacial score (nSPS) is 13.1. The van der Waals surface area contributed by atoms with E-state index in [1.54, 1.807) is 23.5 Å².